The van der Waals surface area contributed by atoms with Gasteiger partial charge < -0.3 is 49.2 Å². The summed E-state index contributed by atoms with van der Waals surface area (Å²) in [7, 11) is 0. The number of nitrogens with zero attached hydrogens (tertiary/aromatic N) is 9. The van der Waals surface area contributed by atoms with Crippen LogP contribution in [0, 0.1) is 17.5 Å². The van der Waals surface area contributed by atoms with Crippen LogP contribution in [-0.4, -0.2) is 113 Å². The number of nitrogens with one attached hydrogen (secondary N) is 5. The summed E-state index contributed by atoms with van der Waals surface area (Å²) in [5.41, 5.74) is 11.8. The Hall–Kier alpha value is -12.7. The molecule has 6 aromatic carbocycles. The predicted molar refractivity (Wildman–Crippen MR) is 390 cm³/mol. The second kappa shape index (κ2) is 33.6. The maximum Gasteiger partial charge on any atom is 0.338 e. The topological polar surface area (TPSA) is 289 Å². The van der Waals surface area contributed by atoms with Gasteiger partial charge >= 0.3 is 5.97 Å². The van der Waals surface area contributed by atoms with E-state index in [-0.39, 0.29) is 51.6 Å². The van der Waals surface area contributed by atoms with E-state index in [4.69, 9.17) is 10.8 Å². The lowest BCUT2D eigenvalue weighted by molar-refractivity contribution is 0.0686. The summed E-state index contributed by atoms with van der Waals surface area (Å²) in [4.78, 5) is 79.0. The van der Waals surface area contributed by atoms with Crippen LogP contribution in [0.1, 0.15) is 81.9 Å². The molecule has 17 rings (SSSR count). The van der Waals surface area contributed by atoms with Gasteiger partial charge in [-0.3, -0.25) is 24.0 Å². The fourth-order valence-corrected chi connectivity index (χ4v) is 12.5. The van der Waals surface area contributed by atoms with Crippen LogP contribution in [-0.2, 0) is 65.1 Å². The van der Waals surface area contributed by atoms with Crippen molar-refractivity contribution >= 4 is 50.1 Å². The molecule has 8 N–H and O–H groups in total. The Kier molecular flexibility index (Phi) is 23.0. The number of aromatic carboxylic acids is 1. The van der Waals surface area contributed by atoms with Crippen molar-refractivity contribution < 1.29 is 32.7 Å². The van der Waals surface area contributed by atoms with E-state index < -0.39 is 23.4 Å². The molecule has 8 aromatic heterocycles. The number of carboxylic acids is 1. The SMILES string of the molecule is NCCn1cccc1.O=C(O)c1cc(Cc2n[nH]c(=O)c3ccccc23)ccc1F.O=C(c1cc(Cc2n[nH]c(=O)c3ccccc23)ccc1F)N1CCn2cccc2C1.O=C(c1cc(Cc2n[nH]c(=O)c3ccccc23)ccc1F)N1CCn2cccc2C1.c1cc2n(c1)CCNC2.c1cc[nH]c1. The fourth-order valence-electron chi connectivity index (χ4n) is 12.5. The fraction of sp³-hybridized carbons (Fsp3) is 0.177. The molecule has 11 heterocycles. The van der Waals surface area contributed by atoms with Crippen molar-refractivity contribution in [2.45, 2.75) is 65.1 Å². The first kappa shape index (κ1) is 71.1. The van der Waals surface area contributed by atoms with Gasteiger partial charge in [0.1, 0.15) is 17.5 Å². The number of hydrogen-bond acceptors (Lipinski definition) is 11. The Morgan fingerprint density at radius 3 is 1.20 bits per heavy atom. The average Bonchev–Trinajstić information content (AvgIpc) is 1.02. The molecule has 3 aliphatic heterocycles. The lowest BCUT2D eigenvalue weighted by Gasteiger charge is -2.29. The number of hydrogen-bond donors (Lipinski definition) is 7. The van der Waals surface area contributed by atoms with Crippen molar-refractivity contribution in [3.05, 3.63) is 347 Å². The summed E-state index contributed by atoms with van der Waals surface area (Å²) in [6, 6.07) is 54.4. The number of aromatic nitrogens is 11. The highest BCUT2D eigenvalue weighted by Crippen LogP contribution is 2.25. The number of nitrogens with two attached hydrogens (primary N) is 1. The van der Waals surface area contributed by atoms with E-state index >= 15 is 0 Å². The molecule has 14 aromatic rings. The molecule has 22 nitrogen and oxygen atoms in total. The van der Waals surface area contributed by atoms with Crippen molar-refractivity contribution in [2.75, 3.05) is 26.2 Å². The number of carbonyl (C=O) groups is 3. The van der Waals surface area contributed by atoms with Gasteiger partial charge in [-0.25, -0.2) is 33.3 Å². The first-order chi connectivity index (χ1) is 50.7. The number of rotatable bonds is 11. The van der Waals surface area contributed by atoms with Crippen LogP contribution >= 0.6 is 0 Å². The van der Waals surface area contributed by atoms with E-state index in [9.17, 15) is 41.9 Å². The third-order valence-corrected chi connectivity index (χ3v) is 17.9. The van der Waals surface area contributed by atoms with E-state index in [0.717, 1.165) is 65.5 Å². The van der Waals surface area contributed by atoms with Crippen LogP contribution in [0.15, 0.2) is 246 Å². The molecule has 0 saturated heterocycles. The minimum Gasteiger partial charge on any atom is -0.478 e. The molecule has 0 fully saturated rings. The van der Waals surface area contributed by atoms with Crippen LogP contribution < -0.4 is 27.7 Å². The van der Waals surface area contributed by atoms with Gasteiger partial charge in [0.25, 0.3) is 28.5 Å². The van der Waals surface area contributed by atoms with Gasteiger partial charge in [0.05, 0.1) is 63.0 Å². The quantitative estimate of drug-likeness (QED) is 0.0636. The summed E-state index contributed by atoms with van der Waals surface area (Å²) in [6.45, 7) is 8.31. The second-order valence-electron chi connectivity index (χ2n) is 24.7. The van der Waals surface area contributed by atoms with Crippen molar-refractivity contribution in [3.8, 4) is 0 Å². The van der Waals surface area contributed by atoms with E-state index in [0.29, 0.717) is 103 Å². The normalized spacial score (nSPS) is 12.7. The van der Waals surface area contributed by atoms with Crippen molar-refractivity contribution in [1.82, 2.24) is 69.0 Å². The first-order valence-corrected chi connectivity index (χ1v) is 33.7. The van der Waals surface area contributed by atoms with Crippen molar-refractivity contribution in [3.63, 3.8) is 0 Å². The zero-order chi connectivity index (χ0) is 72.5. The molecule has 0 unspecified atom stereocenters. The third-order valence-electron chi connectivity index (χ3n) is 17.9. The van der Waals surface area contributed by atoms with Gasteiger partial charge in [0, 0.05) is 155 Å². The molecule has 528 valence electrons. The first-order valence-electron chi connectivity index (χ1n) is 33.7. The summed E-state index contributed by atoms with van der Waals surface area (Å²) in [5.74, 6) is -3.82. The third kappa shape index (κ3) is 17.3. The number of fused-ring (bicyclic) bond motifs is 6. The zero-order valence-corrected chi connectivity index (χ0v) is 56.5. The second-order valence-corrected chi connectivity index (χ2v) is 24.7. The molecule has 0 atom stereocenters. The number of amides is 2. The maximum absolute atomic E-state index is 14.5. The van der Waals surface area contributed by atoms with Crippen LogP contribution in [0.5, 0.6) is 0 Å². The molecular formula is C79H74F3N15O7. The van der Waals surface area contributed by atoms with E-state index in [1.807, 2.05) is 110 Å². The molecule has 0 radical (unpaired) electrons. The minimum atomic E-state index is -1.32. The highest BCUT2D eigenvalue weighted by atomic mass is 19.1. The number of aromatic amines is 4. The molecule has 25 heteroatoms. The van der Waals surface area contributed by atoms with Crippen LogP contribution in [0.4, 0.5) is 13.2 Å². The Balaban J connectivity index is 0.000000128. The monoisotopic (exact) mass is 1400 g/mol. The molecule has 0 saturated carbocycles. The smallest absolute Gasteiger partial charge is 0.338 e. The number of carboxylic acid groups (broad SMARTS) is 1. The molecule has 0 aliphatic carbocycles. The van der Waals surface area contributed by atoms with Gasteiger partial charge in [-0.15, -0.1) is 0 Å². The molecule has 3 aliphatic rings. The van der Waals surface area contributed by atoms with Crippen LogP contribution in [0.2, 0.25) is 0 Å². The Morgan fingerprint density at radius 2 is 0.817 bits per heavy atom. The Morgan fingerprint density at radius 1 is 0.433 bits per heavy atom. The summed E-state index contributed by atoms with van der Waals surface area (Å²) < 4.78 is 51.0. The zero-order valence-electron chi connectivity index (χ0n) is 56.5. The average molecular weight is 1400 g/mol. The Bertz CT molecular complexity index is 5240. The van der Waals surface area contributed by atoms with Gasteiger partial charge in [-0.05, 0) is 132 Å². The molecule has 0 bridgehead atoms. The molecule has 0 spiro atoms. The Labute approximate surface area is 593 Å². The molecule has 2 amide bonds. The number of H-pyrrole nitrogens is 4. The molecule has 104 heavy (non-hydrogen) atoms. The lowest BCUT2D eigenvalue weighted by atomic mass is 10.0. The van der Waals surface area contributed by atoms with Crippen LogP contribution in [0.3, 0.4) is 0 Å². The van der Waals surface area contributed by atoms with Crippen molar-refractivity contribution in [1.29, 1.82) is 0 Å². The minimum absolute atomic E-state index is 0.0567. The van der Waals surface area contributed by atoms with Gasteiger partial charge in [-0.2, -0.15) is 15.3 Å². The van der Waals surface area contributed by atoms with E-state index in [1.165, 1.54) is 30.0 Å². The standard InChI is InChI=1S/2C23H19FN4O2.C16H11FN2O3.C7H10N2.C6H10N2.C4H5N/c2*24-20-8-7-15(13-21-17-5-1-2-6-18(17)22(29)26-25-21)12-19(20)23(30)28-11-10-27-9-3-4-16(27)14-28;17-13-6-5-9(7-12(13)16(21)22)8-14-10-3-1-2-4-11(10)15(20)19-18-14;1-2-7-6-8-3-5-9(7)4-1;7-3-6-8-4-1-2-5-8;1-2-4-5-3-1/h2*1-9,12H,10-11,13-14H2,(H,26,29);1-7H,8H2,(H,19,20)(H,21,22);1-2,4,8H,3,5-6H2;1-2,4-5H,3,6-7H2;1-5H. The van der Waals surface area contributed by atoms with Gasteiger partial charge in [0.2, 0.25) is 0 Å². The number of carbonyl (C=O) groups excluding carboxylic acids is 2. The molecular weight excluding hydrogens is 1330 g/mol. The number of benzene rings is 6. The maximum atomic E-state index is 14.5. The lowest BCUT2D eigenvalue weighted by Crippen LogP contribution is -2.38. The van der Waals surface area contributed by atoms with Gasteiger partial charge in [0.15, 0.2) is 0 Å². The van der Waals surface area contributed by atoms with Crippen LogP contribution in [0.25, 0.3) is 32.3 Å². The van der Waals surface area contributed by atoms with E-state index in [2.05, 4.69) is 77.5 Å². The largest absolute Gasteiger partial charge is 0.478 e. The number of halogens is 3. The summed E-state index contributed by atoms with van der Waals surface area (Å²) >= 11 is 0. The summed E-state index contributed by atoms with van der Waals surface area (Å²) in [5, 5.41) is 35.9. The highest BCUT2D eigenvalue weighted by molar-refractivity contribution is 5.96. The highest BCUT2D eigenvalue weighted by Gasteiger charge is 2.26. The predicted octanol–water partition coefficient (Wildman–Crippen LogP) is 10.6. The van der Waals surface area contributed by atoms with E-state index in [1.54, 1.807) is 82.6 Å². The van der Waals surface area contributed by atoms with Crippen molar-refractivity contribution in [2.24, 2.45) is 5.73 Å². The summed E-state index contributed by atoms with van der Waals surface area (Å²) in [6.07, 6.45) is 14.9. The van der Waals surface area contributed by atoms with Gasteiger partial charge in [-0.1, -0.05) is 72.8 Å².